The highest BCUT2D eigenvalue weighted by Gasteiger charge is 2.34. The first-order chi connectivity index (χ1) is 7.58. The van der Waals surface area contributed by atoms with E-state index < -0.39 is 5.97 Å². The molecule has 1 aliphatic heterocycles. The van der Waals surface area contributed by atoms with Crippen molar-refractivity contribution < 1.29 is 9.90 Å². The number of carboxylic acids is 1. The van der Waals surface area contributed by atoms with Gasteiger partial charge in [-0.3, -0.25) is 9.69 Å². The van der Waals surface area contributed by atoms with Gasteiger partial charge >= 0.3 is 5.97 Å². The molecular formula is C12H14BrNO2. The molecule has 1 aliphatic rings. The van der Waals surface area contributed by atoms with Crippen molar-refractivity contribution in [1.82, 2.24) is 4.90 Å². The molecule has 3 nitrogen and oxygen atoms in total. The molecule has 2 rings (SSSR count). The molecule has 1 fully saturated rings. The average Bonchev–Trinajstić information content (AvgIpc) is 2.62. The van der Waals surface area contributed by atoms with Gasteiger partial charge < -0.3 is 5.11 Å². The van der Waals surface area contributed by atoms with E-state index in [0.717, 1.165) is 4.47 Å². The summed E-state index contributed by atoms with van der Waals surface area (Å²) in [7, 11) is 1.98. The first kappa shape index (κ1) is 11.6. The first-order valence-electron chi connectivity index (χ1n) is 5.26. The second-order valence-corrected chi connectivity index (χ2v) is 5.19. The molecule has 0 amide bonds. The molecule has 0 spiro atoms. The van der Waals surface area contributed by atoms with Gasteiger partial charge in [-0.1, -0.05) is 28.1 Å². The number of hydrogen-bond acceptors (Lipinski definition) is 2. The second-order valence-electron chi connectivity index (χ2n) is 4.28. The fourth-order valence-corrected chi connectivity index (χ4v) is 2.52. The lowest BCUT2D eigenvalue weighted by atomic mass is 10.0. The monoisotopic (exact) mass is 283 g/mol. The van der Waals surface area contributed by atoms with E-state index in [-0.39, 0.29) is 12.0 Å². The Labute approximate surface area is 103 Å². The van der Waals surface area contributed by atoms with E-state index >= 15 is 0 Å². The van der Waals surface area contributed by atoms with Gasteiger partial charge in [0, 0.05) is 17.1 Å². The number of benzene rings is 1. The first-order valence-corrected chi connectivity index (χ1v) is 6.05. The number of carboxylic acid groups (broad SMARTS) is 1. The Kier molecular flexibility index (Phi) is 3.30. The zero-order valence-electron chi connectivity index (χ0n) is 9.06. The van der Waals surface area contributed by atoms with Crippen LogP contribution in [0.15, 0.2) is 28.7 Å². The number of aliphatic carboxylic acids is 1. The van der Waals surface area contributed by atoms with Crippen molar-refractivity contribution in [3.63, 3.8) is 0 Å². The van der Waals surface area contributed by atoms with Crippen LogP contribution in [-0.4, -0.2) is 29.6 Å². The lowest BCUT2D eigenvalue weighted by Crippen LogP contribution is -2.20. The molecule has 16 heavy (non-hydrogen) atoms. The van der Waals surface area contributed by atoms with Gasteiger partial charge in [0.25, 0.3) is 0 Å². The summed E-state index contributed by atoms with van der Waals surface area (Å²) >= 11 is 3.40. The Morgan fingerprint density at radius 2 is 2.06 bits per heavy atom. The highest BCUT2D eigenvalue weighted by Crippen LogP contribution is 2.34. The number of hydrogen-bond donors (Lipinski definition) is 1. The Morgan fingerprint density at radius 1 is 1.44 bits per heavy atom. The Morgan fingerprint density at radius 3 is 2.56 bits per heavy atom. The lowest BCUT2D eigenvalue weighted by Gasteiger charge is -2.19. The van der Waals surface area contributed by atoms with Crippen LogP contribution in [0.1, 0.15) is 18.0 Å². The predicted octanol–water partition coefficient (Wildman–Crippen LogP) is 2.53. The Bertz CT molecular complexity index is 391. The third kappa shape index (κ3) is 2.28. The predicted molar refractivity (Wildman–Crippen MR) is 65.3 cm³/mol. The average molecular weight is 284 g/mol. The van der Waals surface area contributed by atoms with Gasteiger partial charge in [-0.15, -0.1) is 0 Å². The highest BCUT2D eigenvalue weighted by atomic mass is 79.9. The van der Waals surface area contributed by atoms with Crippen LogP contribution in [0.5, 0.6) is 0 Å². The summed E-state index contributed by atoms with van der Waals surface area (Å²) in [5.41, 5.74) is 1.19. The fraction of sp³-hybridized carbons (Fsp3) is 0.417. The standard InChI is InChI=1S/C12H14BrNO2/c1-14-7-9(12(15)16)6-11(14)8-2-4-10(13)5-3-8/h2-5,9,11H,6-7H2,1H3,(H,15,16). The molecule has 0 radical (unpaired) electrons. The van der Waals surface area contributed by atoms with E-state index in [0.29, 0.717) is 13.0 Å². The molecule has 0 aromatic heterocycles. The van der Waals surface area contributed by atoms with Crippen LogP contribution in [0.4, 0.5) is 0 Å². The van der Waals surface area contributed by atoms with Crippen LogP contribution in [0.3, 0.4) is 0 Å². The summed E-state index contributed by atoms with van der Waals surface area (Å²) in [4.78, 5) is 13.1. The molecule has 0 aliphatic carbocycles. The third-order valence-electron chi connectivity index (χ3n) is 3.15. The summed E-state index contributed by atoms with van der Waals surface area (Å²) in [6.45, 7) is 0.635. The second kappa shape index (κ2) is 4.55. The SMILES string of the molecule is CN1CC(C(=O)O)CC1c1ccc(Br)cc1. The molecule has 1 heterocycles. The topological polar surface area (TPSA) is 40.5 Å². The summed E-state index contributed by atoms with van der Waals surface area (Å²) < 4.78 is 1.05. The summed E-state index contributed by atoms with van der Waals surface area (Å²) in [6, 6.07) is 8.33. The zero-order valence-corrected chi connectivity index (χ0v) is 10.6. The van der Waals surface area contributed by atoms with Gasteiger partial charge in [-0.25, -0.2) is 0 Å². The maximum Gasteiger partial charge on any atom is 0.307 e. The van der Waals surface area contributed by atoms with Crippen molar-refractivity contribution in [2.45, 2.75) is 12.5 Å². The molecule has 2 atom stereocenters. The van der Waals surface area contributed by atoms with Crippen LogP contribution in [0.2, 0.25) is 0 Å². The van der Waals surface area contributed by atoms with E-state index in [4.69, 9.17) is 5.11 Å². The number of rotatable bonds is 2. The van der Waals surface area contributed by atoms with Crippen LogP contribution < -0.4 is 0 Å². The molecule has 2 unspecified atom stereocenters. The maximum atomic E-state index is 10.9. The summed E-state index contributed by atoms with van der Waals surface area (Å²) in [5.74, 6) is -0.926. The number of nitrogens with zero attached hydrogens (tertiary/aromatic N) is 1. The van der Waals surface area contributed by atoms with Crippen molar-refractivity contribution in [3.05, 3.63) is 34.3 Å². The Balaban J connectivity index is 2.16. The molecule has 4 heteroatoms. The molecule has 0 saturated carbocycles. The van der Waals surface area contributed by atoms with Crippen LogP contribution >= 0.6 is 15.9 Å². The quantitative estimate of drug-likeness (QED) is 0.907. The summed E-state index contributed by atoms with van der Waals surface area (Å²) in [6.07, 6.45) is 0.702. The molecule has 0 bridgehead atoms. The number of halogens is 1. The molecule has 86 valence electrons. The number of carbonyl (C=O) groups is 1. The third-order valence-corrected chi connectivity index (χ3v) is 3.68. The fourth-order valence-electron chi connectivity index (χ4n) is 2.25. The van der Waals surface area contributed by atoms with Gasteiger partial charge in [0.1, 0.15) is 0 Å². The number of likely N-dealkylation sites (tertiary alicyclic amines) is 1. The maximum absolute atomic E-state index is 10.9. The minimum absolute atomic E-state index is 0.231. The lowest BCUT2D eigenvalue weighted by molar-refractivity contribution is -0.141. The minimum Gasteiger partial charge on any atom is -0.481 e. The van der Waals surface area contributed by atoms with Gasteiger partial charge in [0.05, 0.1) is 5.92 Å². The summed E-state index contributed by atoms with van der Waals surface area (Å²) in [5, 5.41) is 9.01. The highest BCUT2D eigenvalue weighted by molar-refractivity contribution is 9.10. The Hall–Kier alpha value is -0.870. The van der Waals surface area contributed by atoms with E-state index in [1.165, 1.54) is 5.56 Å². The molecular weight excluding hydrogens is 270 g/mol. The van der Waals surface area contributed by atoms with E-state index in [1.54, 1.807) is 0 Å². The van der Waals surface area contributed by atoms with Crippen LogP contribution in [0, 0.1) is 5.92 Å². The van der Waals surface area contributed by atoms with E-state index in [1.807, 2.05) is 19.2 Å². The van der Waals surface area contributed by atoms with Crippen molar-refractivity contribution in [2.24, 2.45) is 5.92 Å². The van der Waals surface area contributed by atoms with Crippen molar-refractivity contribution in [1.29, 1.82) is 0 Å². The van der Waals surface area contributed by atoms with E-state index in [2.05, 4.69) is 33.0 Å². The zero-order chi connectivity index (χ0) is 11.7. The smallest absolute Gasteiger partial charge is 0.307 e. The van der Waals surface area contributed by atoms with Gasteiger partial charge in [0.2, 0.25) is 0 Å². The van der Waals surface area contributed by atoms with Crippen molar-refractivity contribution in [2.75, 3.05) is 13.6 Å². The van der Waals surface area contributed by atoms with Gasteiger partial charge in [-0.2, -0.15) is 0 Å². The van der Waals surface area contributed by atoms with E-state index in [9.17, 15) is 4.79 Å². The van der Waals surface area contributed by atoms with Gasteiger partial charge in [-0.05, 0) is 31.2 Å². The molecule has 1 aromatic carbocycles. The van der Waals surface area contributed by atoms with Crippen LogP contribution in [0.25, 0.3) is 0 Å². The van der Waals surface area contributed by atoms with Crippen LogP contribution in [-0.2, 0) is 4.79 Å². The normalized spacial score (nSPS) is 25.9. The minimum atomic E-state index is -0.688. The van der Waals surface area contributed by atoms with Crippen molar-refractivity contribution in [3.8, 4) is 0 Å². The van der Waals surface area contributed by atoms with Crippen molar-refractivity contribution >= 4 is 21.9 Å². The van der Waals surface area contributed by atoms with Gasteiger partial charge in [0.15, 0.2) is 0 Å². The molecule has 1 saturated heterocycles. The molecule has 1 N–H and O–H groups in total. The molecule has 1 aromatic rings. The largest absolute Gasteiger partial charge is 0.481 e.